The summed E-state index contributed by atoms with van der Waals surface area (Å²) in [5.74, 6) is 0.647. The molecule has 2 aromatic carbocycles. The van der Waals surface area contributed by atoms with Gasteiger partial charge in [-0.3, -0.25) is 0 Å². The predicted molar refractivity (Wildman–Crippen MR) is 84.7 cm³/mol. The van der Waals surface area contributed by atoms with Crippen molar-refractivity contribution in [3.63, 3.8) is 0 Å². The maximum atomic E-state index is 11.9. The van der Waals surface area contributed by atoms with Crippen molar-refractivity contribution in [1.82, 2.24) is 0 Å². The van der Waals surface area contributed by atoms with Gasteiger partial charge < -0.3 is 9.47 Å². The summed E-state index contributed by atoms with van der Waals surface area (Å²) in [5, 5.41) is 0. The zero-order valence-corrected chi connectivity index (χ0v) is 12.2. The molecule has 0 aliphatic carbocycles. The van der Waals surface area contributed by atoms with E-state index in [1.165, 1.54) is 0 Å². The number of benzene rings is 2. The summed E-state index contributed by atoms with van der Waals surface area (Å²) in [4.78, 5) is 16.2. The van der Waals surface area contributed by atoms with Crippen LogP contribution in [0.2, 0.25) is 0 Å². The minimum atomic E-state index is -0.444. The van der Waals surface area contributed by atoms with Gasteiger partial charge in [0.15, 0.2) is 5.70 Å². The highest BCUT2D eigenvalue weighted by atomic mass is 16.6. The fraction of sp³-hybridized carbons (Fsp3) is 0.111. The minimum absolute atomic E-state index is 0.285. The molecule has 2 aromatic rings. The Morgan fingerprint density at radius 1 is 1.14 bits per heavy atom. The zero-order chi connectivity index (χ0) is 15.4. The van der Waals surface area contributed by atoms with Crippen molar-refractivity contribution in [3.05, 3.63) is 71.4 Å². The van der Waals surface area contributed by atoms with Crippen LogP contribution in [0.4, 0.5) is 0 Å². The SMILES string of the molecule is CCOc1cccc(/C=C2\N=C(c3ccccc3)OC2=O)c1. The molecule has 0 bridgehead atoms. The standard InChI is InChI=1S/C18H15NO3/c1-2-21-15-10-6-7-13(11-15)12-16-18(20)22-17(19-16)14-8-4-3-5-9-14/h3-12H,2H2,1H3/b16-12-. The first-order valence-electron chi connectivity index (χ1n) is 7.07. The molecule has 0 atom stereocenters. The normalized spacial score (nSPS) is 15.6. The van der Waals surface area contributed by atoms with Gasteiger partial charge in [0.05, 0.1) is 6.61 Å². The van der Waals surface area contributed by atoms with E-state index in [-0.39, 0.29) is 5.70 Å². The van der Waals surface area contributed by atoms with Crippen molar-refractivity contribution in [1.29, 1.82) is 0 Å². The monoisotopic (exact) mass is 293 g/mol. The van der Waals surface area contributed by atoms with Gasteiger partial charge in [-0.15, -0.1) is 0 Å². The molecule has 0 spiro atoms. The smallest absolute Gasteiger partial charge is 0.363 e. The Hall–Kier alpha value is -2.88. The number of esters is 1. The summed E-state index contributed by atoms with van der Waals surface area (Å²) in [7, 11) is 0. The van der Waals surface area contributed by atoms with Crippen molar-refractivity contribution < 1.29 is 14.3 Å². The largest absolute Gasteiger partial charge is 0.494 e. The van der Waals surface area contributed by atoms with Gasteiger partial charge >= 0.3 is 5.97 Å². The Bertz CT molecular complexity index is 748. The van der Waals surface area contributed by atoms with Crippen molar-refractivity contribution in [2.45, 2.75) is 6.92 Å². The van der Waals surface area contributed by atoms with Crippen LogP contribution in [0.5, 0.6) is 5.75 Å². The number of nitrogens with zero attached hydrogens (tertiary/aromatic N) is 1. The highest BCUT2D eigenvalue weighted by molar-refractivity contribution is 6.12. The van der Waals surface area contributed by atoms with E-state index in [2.05, 4.69) is 4.99 Å². The lowest BCUT2D eigenvalue weighted by atomic mass is 10.2. The molecule has 1 aliphatic rings. The van der Waals surface area contributed by atoms with Crippen LogP contribution in [0, 0.1) is 0 Å². The summed E-state index contributed by atoms with van der Waals surface area (Å²) >= 11 is 0. The second kappa shape index (κ2) is 6.26. The van der Waals surface area contributed by atoms with Gasteiger partial charge in [-0.1, -0.05) is 30.3 Å². The first-order chi connectivity index (χ1) is 10.8. The molecule has 4 heteroatoms. The van der Waals surface area contributed by atoms with E-state index >= 15 is 0 Å². The van der Waals surface area contributed by atoms with E-state index in [9.17, 15) is 4.79 Å². The molecule has 0 saturated carbocycles. The predicted octanol–water partition coefficient (Wildman–Crippen LogP) is 3.43. The number of hydrogen-bond acceptors (Lipinski definition) is 4. The van der Waals surface area contributed by atoms with Gasteiger partial charge in [-0.2, -0.15) is 0 Å². The van der Waals surface area contributed by atoms with E-state index in [1.807, 2.05) is 61.5 Å². The number of hydrogen-bond donors (Lipinski definition) is 0. The van der Waals surface area contributed by atoms with E-state index < -0.39 is 5.97 Å². The molecule has 0 radical (unpaired) electrons. The lowest BCUT2D eigenvalue weighted by Gasteiger charge is -2.03. The van der Waals surface area contributed by atoms with E-state index in [4.69, 9.17) is 9.47 Å². The lowest BCUT2D eigenvalue weighted by molar-refractivity contribution is -0.129. The molecular formula is C18H15NO3. The van der Waals surface area contributed by atoms with E-state index in [1.54, 1.807) is 6.08 Å². The number of aliphatic imine (C=N–C) groups is 1. The molecule has 0 N–H and O–H groups in total. The summed E-state index contributed by atoms with van der Waals surface area (Å²) in [5.41, 5.74) is 1.91. The second-order valence-corrected chi connectivity index (χ2v) is 4.71. The van der Waals surface area contributed by atoms with Crippen LogP contribution < -0.4 is 4.74 Å². The molecule has 0 amide bonds. The zero-order valence-electron chi connectivity index (χ0n) is 12.2. The third-order valence-corrected chi connectivity index (χ3v) is 3.11. The van der Waals surface area contributed by atoms with Crippen LogP contribution in [0.1, 0.15) is 18.1 Å². The lowest BCUT2D eigenvalue weighted by Crippen LogP contribution is -2.04. The van der Waals surface area contributed by atoms with Crippen LogP contribution in [0.25, 0.3) is 6.08 Å². The molecule has 4 nitrogen and oxygen atoms in total. The van der Waals surface area contributed by atoms with Crippen LogP contribution in [-0.4, -0.2) is 18.5 Å². The third kappa shape index (κ3) is 3.06. The fourth-order valence-electron chi connectivity index (χ4n) is 2.13. The highest BCUT2D eigenvalue weighted by Gasteiger charge is 2.23. The van der Waals surface area contributed by atoms with Crippen LogP contribution in [-0.2, 0) is 9.53 Å². The van der Waals surface area contributed by atoms with Crippen LogP contribution in [0.3, 0.4) is 0 Å². The first-order valence-corrected chi connectivity index (χ1v) is 7.07. The van der Waals surface area contributed by atoms with Gasteiger partial charge in [0, 0.05) is 5.56 Å². The van der Waals surface area contributed by atoms with Gasteiger partial charge in [-0.25, -0.2) is 9.79 Å². The third-order valence-electron chi connectivity index (χ3n) is 3.11. The number of carbonyl (C=O) groups is 1. The fourth-order valence-corrected chi connectivity index (χ4v) is 2.13. The maximum absolute atomic E-state index is 11.9. The van der Waals surface area contributed by atoms with Crippen molar-refractivity contribution in [3.8, 4) is 5.75 Å². The molecule has 3 rings (SSSR count). The number of cyclic esters (lactones) is 1. The Kier molecular flexibility index (Phi) is 4.01. The number of rotatable bonds is 4. The highest BCUT2D eigenvalue weighted by Crippen LogP contribution is 2.21. The molecule has 1 heterocycles. The van der Waals surface area contributed by atoms with Crippen molar-refractivity contribution in [2.75, 3.05) is 6.61 Å². The van der Waals surface area contributed by atoms with Crippen molar-refractivity contribution >= 4 is 17.9 Å². The van der Waals surface area contributed by atoms with Gasteiger partial charge in [-0.05, 0) is 42.8 Å². The second-order valence-electron chi connectivity index (χ2n) is 4.71. The summed E-state index contributed by atoms with van der Waals surface area (Å²) in [6.07, 6.45) is 1.70. The Morgan fingerprint density at radius 3 is 2.73 bits per heavy atom. The molecule has 0 saturated heterocycles. The summed E-state index contributed by atoms with van der Waals surface area (Å²) in [6.45, 7) is 2.52. The number of ether oxygens (including phenoxy) is 2. The summed E-state index contributed by atoms with van der Waals surface area (Å²) in [6, 6.07) is 16.8. The number of carbonyl (C=O) groups excluding carboxylic acids is 1. The van der Waals surface area contributed by atoms with Gasteiger partial charge in [0.25, 0.3) is 0 Å². The van der Waals surface area contributed by atoms with Crippen LogP contribution >= 0.6 is 0 Å². The van der Waals surface area contributed by atoms with Crippen LogP contribution in [0.15, 0.2) is 65.3 Å². The van der Waals surface area contributed by atoms with Gasteiger partial charge in [0.2, 0.25) is 5.90 Å². The maximum Gasteiger partial charge on any atom is 0.363 e. The molecule has 0 aromatic heterocycles. The van der Waals surface area contributed by atoms with E-state index in [0.29, 0.717) is 12.5 Å². The Morgan fingerprint density at radius 2 is 1.95 bits per heavy atom. The quantitative estimate of drug-likeness (QED) is 0.641. The van der Waals surface area contributed by atoms with Crippen molar-refractivity contribution in [2.24, 2.45) is 4.99 Å². The molecule has 1 aliphatic heterocycles. The van der Waals surface area contributed by atoms with E-state index in [0.717, 1.165) is 16.9 Å². The molecule has 0 fully saturated rings. The Balaban J connectivity index is 1.89. The molecule has 22 heavy (non-hydrogen) atoms. The molecular weight excluding hydrogens is 278 g/mol. The minimum Gasteiger partial charge on any atom is -0.494 e. The average Bonchev–Trinajstić information content (AvgIpc) is 2.90. The summed E-state index contributed by atoms with van der Waals surface area (Å²) < 4.78 is 10.7. The van der Waals surface area contributed by atoms with Gasteiger partial charge in [0.1, 0.15) is 5.75 Å². The topological polar surface area (TPSA) is 47.9 Å². The average molecular weight is 293 g/mol. The molecule has 110 valence electrons. The first kappa shape index (κ1) is 14.1. The molecule has 0 unspecified atom stereocenters. The Labute approximate surface area is 128 Å².